The maximum atomic E-state index is 11.8. The van der Waals surface area contributed by atoms with Gasteiger partial charge in [0.1, 0.15) is 0 Å². The zero-order valence-corrected chi connectivity index (χ0v) is 10.2. The second-order valence-corrected chi connectivity index (χ2v) is 4.73. The van der Waals surface area contributed by atoms with Crippen LogP contribution in [-0.4, -0.2) is 41.6 Å². The number of hydrogen-bond donors (Lipinski definition) is 2. The van der Waals surface area contributed by atoms with Gasteiger partial charge in [-0.25, -0.2) is 0 Å². The second-order valence-electron chi connectivity index (χ2n) is 4.73. The number of amides is 1. The third kappa shape index (κ3) is 2.46. The van der Waals surface area contributed by atoms with Crippen LogP contribution < -0.4 is 5.32 Å². The first-order chi connectivity index (χ1) is 8.17. The molecular formula is C11H18N4O2. The molecular weight excluding hydrogens is 220 g/mol. The largest absolute Gasteiger partial charge is 0.384 e. The minimum Gasteiger partial charge on any atom is -0.384 e. The number of carbonyl (C=O) groups excluding carboxylic acids is 1. The third-order valence-electron chi connectivity index (χ3n) is 3.43. The number of aryl methyl sites for hydroxylation is 1. The molecule has 1 aliphatic rings. The molecule has 6 heteroatoms. The molecule has 0 unspecified atom stereocenters. The Morgan fingerprint density at radius 1 is 1.53 bits per heavy atom. The maximum Gasteiger partial charge on any atom is 0.273 e. The van der Waals surface area contributed by atoms with Gasteiger partial charge in [-0.1, -0.05) is 6.42 Å². The molecule has 2 N–H and O–H groups in total. The molecule has 0 radical (unpaired) electrons. The van der Waals surface area contributed by atoms with E-state index in [1.54, 1.807) is 14.0 Å². The fourth-order valence-electron chi connectivity index (χ4n) is 2.21. The normalized spacial score (nSPS) is 17.5. The van der Waals surface area contributed by atoms with Crippen LogP contribution in [0.4, 0.5) is 0 Å². The second kappa shape index (κ2) is 4.83. The van der Waals surface area contributed by atoms with Gasteiger partial charge in [0, 0.05) is 19.1 Å². The fourth-order valence-corrected chi connectivity index (χ4v) is 2.21. The summed E-state index contributed by atoms with van der Waals surface area (Å²) >= 11 is 0. The lowest BCUT2D eigenvalue weighted by atomic mass is 9.69. The molecule has 1 aliphatic carbocycles. The lowest BCUT2D eigenvalue weighted by molar-refractivity contribution is 0.0179. The molecule has 1 heterocycles. The van der Waals surface area contributed by atoms with E-state index in [-0.39, 0.29) is 11.3 Å². The number of ether oxygens (including phenoxy) is 1. The van der Waals surface area contributed by atoms with E-state index in [0.29, 0.717) is 24.5 Å². The molecule has 1 aromatic heterocycles. The Hall–Kier alpha value is -1.43. The summed E-state index contributed by atoms with van der Waals surface area (Å²) in [6.07, 6.45) is 3.43. The van der Waals surface area contributed by atoms with Crippen molar-refractivity contribution in [1.82, 2.24) is 20.7 Å². The van der Waals surface area contributed by atoms with E-state index >= 15 is 0 Å². The van der Waals surface area contributed by atoms with Crippen LogP contribution in [0.5, 0.6) is 0 Å². The monoisotopic (exact) mass is 238 g/mol. The zero-order chi connectivity index (χ0) is 12.3. The smallest absolute Gasteiger partial charge is 0.273 e. The molecule has 1 fully saturated rings. The average Bonchev–Trinajstić information content (AvgIpc) is 2.68. The van der Waals surface area contributed by atoms with Gasteiger partial charge in [0.25, 0.3) is 5.91 Å². The van der Waals surface area contributed by atoms with E-state index in [0.717, 1.165) is 12.8 Å². The van der Waals surface area contributed by atoms with Gasteiger partial charge in [-0.2, -0.15) is 15.4 Å². The first kappa shape index (κ1) is 12.0. The van der Waals surface area contributed by atoms with Crippen molar-refractivity contribution in [3.63, 3.8) is 0 Å². The standard InChI is InChI=1S/C11H18N4O2/c1-8-9(14-15-13-8)10(16)12-6-11(7-17-2)4-3-5-11/h3-7H2,1-2H3,(H,12,16)(H,13,14,15). The molecule has 2 rings (SSSR count). The molecule has 0 aromatic carbocycles. The number of methoxy groups -OCH3 is 1. The summed E-state index contributed by atoms with van der Waals surface area (Å²) in [5.74, 6) is -0.168. The van der Waals surface area contributed by atoms with Gasteiger partial charge in [0.15, 0.2) is 5.69 Å². The average molecular weight is 238 g/mol. The Morgan fingerprint density at radius 3 is 2.76 bits per heavy atom. The summed E-state index contributed by atoms with van der Waals surface area (Å²) < 4.78 is 5.21. The molecule has 1 saturated carbocycles. The van der Waals surface area contributed by atoms with Gasteiger partial charge in [-0.3, -0.25) is 4.79 Å². The molecule has 6 nitrogen and oxygen atoms in total. The molecule has 0 atom stereocenters. The van der Waals surface area contributed by atoms with Crippen LogP contribution in [-0.2, 0) is 4.74 Å². The highest BCUT2D eigenvalue weighted by molar-refractivity contribution is 5.93. The lowest BCUT2D eigenvalue weighted by Gasteiger charge is -2.41. The molecule has 0 bridgehead atoms. The summed E-state index contributed by atoms with van der Waals surface area (Å²) in [5.41, 5.74) is 1.12. The summed E-state index contributed by atoms with van der Waals surface area (Å²) in [5, 5.41) is 13.0. The van der Waals surface area contributed by atoms with Crippen molar-refractivity contribution in [2.75, 3.05) is 20.3 Å². The summed E-state index contributed by atoms with van der Waals surface area (Å²) in [6, 6.07) is 0. The predicted octanol–water partition coefficient (Wildman–Crippen LogP) is 0.660. The van der Waals surface area contributed by atoms with Gasteiger partial charge in [0.2, 0.25) is 0 Å². The van der Waals surface area contributed by atoms with Crippen molar-refractivity contribution >= 4 is 5.91 Å². The number of carbonyl (C=O) groups is 1. The van der Waals surface area contributed by atoms with Gasteiger partial charge >= 0.3 is 0 Å². The van der Waals surface area contributed by atoms with Crippen LogP contribution in [0.2, 0.25) is 0 Å². The molecule has 17 heavy (non-hydrogen) atoms. The Kier molecular flexibility index (Phi) is 3.42. The number of aromatic amines is 1. The zero-order valence-electron chi connectivity index (χ0n) is 10.2. The Balaban J connectivity index is 1.90. The third-order valence-corrected chi connectivity index (χ3v) is 3.43. The number of rotatable bonds is 5. The van der Waals surface area contributed by atoms with Crippen molar-refractivity contribution < 1.29 is 9.53 Å². The van der Waals surface area contributed by atoms with Gasteiger partial charge in [-0.05, 0) is 19.8 Å². The van der Waals surface area contributed by atoms with Crippen LogP contribution in [0.3, 0.4) is 0 Å². The minimum absolute atomic E-state index is 0.127. The lowest BCUT2D eigenvalue weighted by Crippen LogP contribution is -2.45. The molecule has 1 aromatic rings. The van der Waals surface area contributed by atoms with Gasteiger partial charge < -0.3 is 10.1 Å². The minimum atomic E-state index is -0.168. The summed E-state index contributed by atoms with van der Waals surface area (Å²) in [7, 11) is 1.70. The van der Waals surface area contributed by atoms with Crippen molar-refractivity contribution in [2.45, 2.75) is 26.2 Å². The molecule has 0 spiro atoms. The van der Waals surface area contributed by atoms with Gasteiger partial charge in [-0.15, -0.1) is 0 Å². The van der Waals surface area contributed by atoms with Crippen LogP contribution in [0.25, 0.3) is 0 Å². The highest BCUT2D eigenvalue weighted by Crippen LogP contribution is 2.40. The Morgan fingerprint density at radius 2 is 2.29 bits per heavy atom. The molecule has 94 valence electrons. The van der Waals surface area contributed by atoms with Gasteiger partial charge in [0.05, 0.1) is 12.3 Å². The van der Waals surface area contributed by atoms with Crippen molar-refractivity contribution in [1.29, 1.82) is 0 Å². The van der Waals surface area contributed by atoms with E-state index in [9.17, 15) is 4.79 Å². The van der Waals surface area contributed by atoms with Crippen molar-refractivity contribution in [3.8, 4) is 0 Å². The van der Waals surface area contributed by atoms with E-state index in [2.05, 4.69) is 20.7 Å². The quantitative estimate of drug-likeness (QED) is 0.789. The summed E-state index contributed by atoms with van der Waals surface area (Å²) in [6.45, 7) is 3.10. The number of H-pyrrole nitrogens is 1. The van der Waals surface area contributed by atoms with E-state index in [4.69, 9.17) is 4.74 Å². The van der Waals surface area contributed by atoms with Crippen molar-refractivity contribution in [2.24, 2.45) is 5.41 Å². The summed E-state index contributed by atoms with van der Waals surface area (Å²) in [4.78, 5) is 11.8. The van der Waals surface area contributed by atoms with Crippen LogP contribution >= 0.6 is 0 Å². The highest BCUT2D eigenvalue weighted by Gasteiger charge is 2.37. The molecule has 1 amide bonds. The van der Waals surface area contributed by atoms with Crippen LogP contribution in [0, 0.1) is 12.3 Å². The maximum absolute atomic E-state index is 11.8. The fraction of sp³-hybridized carbons (Fsp3) is 0.727. The Bertz CT molecular complexity index is 398. The number of aromatic nitrogens is 3. The predicted molar refractivity (Wildman–Crippen MR) is 61.6 cm³/mol. The topological polar surface area (TPSA) is 79.9 Å². The van der Waals surface area contributed by atoms with E-state index in [1.165, 1.54) is 6.42 Å². The van der Waals surface area contributed by atoms with Crippen LogP contribution in [0.15, 0.2) is 0 Å². The molecule has 0 aliphatic heterocycles. The number of nitrogens with zero attached hydrogens (tertiary/aromatic N) is 2. The van der Waals surface area contributed by atoms with Crippen LogP contribution in [0.1, 0.15) is 35.4 Å². The molecule has 0 saturated heterocycles. The van der Waals surface area contributed by atoms with E-state index in [1.807, 2.05) is 0 Å². The highest BCUT2D eigenvalue weighted by atomic mass is 16.5. The number of nitrogens with one attached hydrogen (secondary N) is 2. The Labute approximate surface area is 100 Å². The SMILES string of the molecule is COCC1(CNC(=O)c2n[nH]nc2C)CCC1. The van der Waals surface area contributed by atoms with E-state index < -0.39 is 0 Å². The first-order valence-corrected chi connectivity index (χ1v) is 5.81. The van der Waals surface area contributed by atoms with Crippen molar-refractivity contribution in [3.05, 3.63) is 11.4 Å². The number of hydrogen-bond acceptors (Lipinski definition) is 4. The first-order valence-electron chi connectivity index (χ1n) is 5.81.